The first-order valence-electron chi connectivity index (χ1n) is 14.0. The zero-order valence-electron chi connectivity index (χ0n) is 23.3. The first kappa shape index (κ1) is 28.0. The van der Waals surface area contributed by atoms with Crippen LogP contribution in [0, 0.1) is 5.92 Å². The van der Waals surface area contributed by atoms with Crippen LogP contribution in [0.2, 0.25) is 5.82 Å². The van der Waals surface area contributed by atoms with E-state index < -0.39 is 60.4 Å². The Morgan fingerprint density at radius 1 is 1.02 bits per heavy atom. The molecule has 0 saturated carbocycles. The number of Topliss-reactive ketones (excluding diaryl/α,β-unsaturated/α-hetero) is 1. The van der Waals surface area contributed by atoms with E-state index in [9.17, 15) is 24.3 Å². The van der Waals surface area contributed by atoms with E-state index >= 15 is 0 Å². The number of quaternary nitrogens is 1. The topological polar surface area (TPSA) is 132 Å². The number of rotatable bonds is 10. The molecular formula is C29H36BN3O7. The summed E-state index contributed by atoms with van der Waals surface area (Å²) in [5.41, 5.74) is 1.55. The highest BCUT2D eigenvalue weighted by molar-refractivity contribution is 6.68. The van der Waals surface area contributed by atoms with Crippen molar-refractivity contribution >= 4 is 30.3 Å². The predicted molar refractivity (Wildman–Crippen MR) is 146 cm³/mol. The molecule has 40 heavy (non-hydrogen) atoms. The monoisotopic (exact) mass is 549 g/mol. The minimum atomic E-state index is -2.50. The first-order valence-corrected chi connectivity index (χ1v) is 14.0. The third-order valence-electron chi connectivity index (χ3n) is 8.95. The molecule has 0 spiro atoms. The van der Waals surface area contributed by atoms with Crippen LogP contribution in [0.25, 0.3) is 11.3 Å². The van der Waals surface area contributed by atoms with Crippen LogP contribution in [0.5, 0.6) is 0 Å². The Hall–Kier alpha value is -3.57. The second-order valence-electron chi connectivity index (χ2n) is 12.0. The van der Waals surface area contributed by atoms with E-state index in [1.165, 1.54) is 6.92 Å². The summed E-state index contributed by atoms with van der Waals surface area (Å²) >= 11 is 0. The SMILES string of the molecule is CC(C)C[C@H](CC(=O)[C@@H](NC(=O)c1cccc(-c2ccccc2)n1)[C@@H](C)O)[B-]12OC(=O)[C@H]3CC[C@H](C(=O)O1)[N+]32C. The molecule has 3 fully saturated rings. The summed E-state index contributed by atoms with van der Waals surface area (Å²) in [6.45, 7) is 2.90. The van der Waals surface area contributed by atoms with Gasteiger partial charge in [-0.05, 0) is 37.2 Å². The van der Waals surface area contributed by atoms with Crippen molar-refractivity contribution in [1.82, 2.24) is 10.3 Å². The number of hydrogen-bond acceptors (Lipinski definition) is 8. The standard InChI is InChI=1S/C29H36BN3O7/c1-17(2)15-20(30-33(4)23(28(37)39-30)13-14-24(33)29(38)40-30)16-25(35)26(18(3)34)32-27(36)22-12-8-11-21(31-22)19-9-6-5-7-10-19/h5-12,17-18,20,23-24,26,34H,13-16H2,1-4H3,(H,32,36)/t18-,20-,23-,24-,26+,30?,33?/m1/s1. The van der Waals surface area contributed by atoms with Gasteiger partial charge in [-0.1, -0.05) is 56.7 Å². The molecular weight excluding hydrogens is 513 g/mol. The molecule has 4 heterocycles. The van der Waals surface area contributed by atoms with Gasteiger partial charge in [0.15, 0.2) is 5.78 Å². The van der Waals surface area contributed by atoms with Crippen LogP contribution in [0.4, 0.5) is 0 Å². The summed E-state index contributed by atoms with van der Waals surface area (Å²) in [4.78, 5) is 57.2. The largest absolute Gasteiger partial charge is 0.600 e. The molecule has 10 nitrogen and oxygen atoms in total. The van der Waals surface area contributed by atoms with Crippen LogP contribution in [-0.2, 0) is 23.7 Å². The number of carbonyl (C=O) groups is 4. The van der Waals surface area contributed by atoms with E-state index in [0.717, 1.165) is 5.56 Å². The number of ketones is 1. The normalized spacial score (nSPS) is 28.9. The van der Waals surface area contributed by atoms with Crippen LogP contribution < -0.4 is 5.32 Å². The lowest BCUT2D eigenvalue weighted by molar-refractivity contribution is -0.829. The Bertz CT molecular complexity index is 1310. The zero-order chi connectivity index (χ0) is 28.8. The molecule has 0 unspecified atom stereocenters. The summed E-state index contributed by atoms with van der Waals surface area (Å²) < 4.78 is 11.9. The summed E-state index contributed by atoms with van der Waals surface area (Å²) in [6, 6.07) is 12.2. The van der Waals surface area contributed by atoms with Gasteiger partial charge in [-0.2, -0.15) is 0 Å². The molecule has 0 radical (unpaired) electrons. The number of aliphatic hydroxyl groups is 1. The fourth-order valence-electron chi connectivity index (χ4n) is 7.08. The summed E-state index contributed by atoms with van der Waals surface area (Å²) in [5.74, 6) is -2.33. The zero-order valence-corrected chi connectivity index (χ0v) is 23.3. The predicted octanol–water partition coefficient (Wildman–Crippen LogP) is 2.63. The van der Waals surface area contributed by atoms with Crippen LogP contribution in [0.3, 0.4) is 0 Å². The van der Waals surface area contributed by atoms with Gasteiger partial charge >= 0.3 is 18.6 Å². The number of carbonyl (C=O) groups excluding carboxylic acids is 4. The third-order valence-corrected chi connectivity index (χ3v) is 8.95. The highest BCUT2D eigenvalue weighted by atomic mass is 16.7. The molecule has 0 bridgehead atoms. The molecule has 2 aromatic rings. The van der Waals surface area contributed by atoms with Crippen molar-refractivity contribution in [1.29, 1.82) is 0 Å². The maximum atomic E-state index is 13.7. The number of hydrogen-bond donors (Lipinski definition) is 2. The van der Waals surface area contributed by atoms with Crippen molar-refractivity contribution in [2.75, 3.05) is 7.05 Å². The van der Waals surface area contributed by atoms with Gasteiger partial charge in [-0.25, -0.2) is 14.6 Å². The van der Waals surface area contributed by atoms with E-state index in [4.69, 9.17) is 9.31 Å². The Labute approximate surface area is 233 Å². The smallest absolute Gasteiger partial charge is 0.587 e. The molecule has 3 aliphatic rings. The fourth-order valence-corrected chi connectivity index (χ4v) is 7.08. The van der Waals surface area contributed by atoms with Gasteiger partial charge in [0.05, 0.1) is 11.8 Å². The van der Waals surface area contributed by atoms with E-state index in [0.29, 0.717) is 25.0 Å². The minimum Gasteiger partial charge on any atom is -0.600 e. The Balaban J connectivity index is 1.39. The molecule has 5 rings (SSSR count). The van der Waals surface area contributed by atoms with Crippen molar-refractivity contribution in [3.63, 3.8) is 0 Å². The summed E-state index contributed by atoms with van der Waals surface area (Å²) in [7, 11) is 1.83. The second-order valence-corrected chi connectivity index (χ2v) is 12.0. The van der Waals surface area contributed by atoms with Gasteiger partial charge in [-0.3, -0.25) is 9.59 Å². The van der Waals surface area contributed by atoms with Gasteiger partial charge in [-0.15, -0.1) is 0 Å². The third kappa shape index (κ3) is 4.51. The molecule has 1 amide bonds. The lowest BCUT2D eigenvalue weighted by atomic mass is 9.51. The van der Waals surface area contributed by atoms with Crippen LogP contribution in [-0.4, -0.2) is 76.1 Å². The van der Waals surface area contributed by atoms with Crippen LogP contribution >= 0.6 is 0 Å². The number of pyridine rings is 1. The van der Waals surface area contributed by atoms with Crippen molar-refractivity contribution in [2.24, 2.45) is 5.92 Å². The van der Waals surface area contributed by atoms with Gasteiger partial charge in [0.1, 0.15) is 23.8 Å². The lowest BCUT2D eigenvalue weighted by Gasteiger charge is -2.47. The molecule has 0 aliphatic carbocycles. The molecule has 3 saturated heterocycles. The van der Waals surface area contributed by atoms with E-state index in [1.807, 2.05) is 51.2 Å². The van der Waals surface area contributed by atoms with Gasteiger partial charge in [0.2, 0.25) is 0 Å². The minimum absolute atomic E-state index is 0.0459. The molecule has 212 valence electrons. The highest BCUT2D eigenvalue weighted by Gasteiger charge is 2.78. The van der Waals surface area contributed by atoms with Crippen molar-refractivity contribution < 1.29 is 38.0 Å². The van der Waals surface area contributed by atoms with Crippen molar-refractivity contribution in [2.45, 2.75) is 76.5 Å². The van der Waals surface area contributed by atoms with Gasteiger partial charge in [0, 0.05) is 25.5 Å². The molecule has 11 heteroatoms. The lowest BCUT2D eigenvalue weighted by Crippen LogP contribution is -2.66. The van der Waals surface area contributed by atoms with Gasteiger partial charge in [0.25, 0.3) is 5.91 Å². The molecule has 5 atom stereocenters. The maximum absolute atomic E-state index is 13.7. The average molecular weight is 549 g/mol. The van der Waals surface area contributed by atoms with Crippen molar-refractivity contribution in [3.05, 3.63) is 54.2 Å². The Morgan fingerprint density at radius 2 is 1.65 bits per heavy atom. The average Bonchev–Trinajstić information content (AvgIpc) is 3.47. The second kappa shape index (κ2) is 10.4. The van der Waals surface area contributed by atoms with E-state index in [2.05, 4.69) is 10.3 Å². The number of aliphatic hydroxyl groups excluding tert-OH is 1. The van der Waals surface area contributed by atoms with Gasteiger partial charge < -0.3 is 24.1 Å². The summed E-state index contributed by atoms with van der Waals surface area (Å²) in [5, 5.41) is 13.2. The highest BCUT2D eigenvalue weighted by Crippen LogP contribution is 2.55. The molecule has 3 aliphatic heterocycles. The van der Waals surface area contributed by atoms with Crippen LogP contribution in [0.15, 0.2) is 48.5 Å². The Morgan fingerprint density at radius 3 is 2.23 bits per heavy atom. The number of nitrogens with one attached hydrogen (secondary N) is 1. The van der Waals surface area contributed by atoms with Crippen LogP contribution in [0.1, 0.15) is 56.9 Å². The fraction of sp³-hybridized carbons (Fsp3) is 0.483. The number of aromatic nitrogens is 1. The van der Waals surface area contributed by atoms with Crippen molar-refractivity contribution in [3.8, 4) is 11.3 Å². The first-order chi connectivity index (χ1) is 19.0. The molecule has 1 aromatic carbocycles. The number of nitrogens with zero attached hydrogens (tertiary/aromatic N) is 2. The van der Waals surface area contributed by atoms with E-state index in [1.54, 1.807) is 18.2 Å². The summed E-state index contributed by atoms with van der Waals surface area (Å²) in [6.07, 6.45) is 0.179. The number of benzene rings is 1. The Kier molecular flexibility index (Phi) is 7.30. The maximum Gasteiger partial charge on any atom is 0.587 e. The molecule has 1 aromatic heterocycles. The van der Waals surface area contributed by atoms with E-state index in [-0.39, 0.29) is 22.4 Å². The quantitative estimate of drug-likeness (QED) is 0.433. The number of likely N-dealkylation sites (N-methyl/N-ethyl adjacent to an activating group) is 1. The molecule has 2 N–H and O–H groups in total. The number of amides is 1.